The van der Waals surface area contributed by atoms with Gasteiger partial charge < -0.3 is 24.8 Å². The van der Waals surface area contributed by atoms with Crippen LogP contribution in [0.15, 0.2) is 6.07 Å². The zero-order valence-electron chi connectivity index (χ0n) is 14.7. The first kappa shape index (κ1) is 20.5. The van der Waals surface area contributed by atoms with Crippen molar-refractivity contribution in [3.8, 4) is 5.88 Å². The molecule has 0 bridgehead atoms. The predicted molar refractivity (Wildman–Crippen MR) is 96.3 cm³/mol. The van der Waals surface area contributed by atoms with Crippen LogP contribution in [0.5, 0.6) is 5.88 Å². The van der Waals surface area contributed by atoms with Crippen LogP contribution in [-0.2, 0) is 4.74 Å². The number of carboxylic acid groups (broad SMARTS) is 1. The van der Waals surface area contributed by atoms with Crippen LogP contribution in [0, 0.1) is 0 Å². The van der Waals surface area contributed by atoms with Crippen molar-refractivity contribution in [2.45, 2.75) is 32.4 Å². The van der Waals surface area contributed by atoms with Crippen LogP contribution >= 0.6 is 23.2 Å². The molecule has 8 nitrogen and oxygen atoms in total. The van der Waals surface area contributed by atoms with E-state index in [1.54, 1.807) is 25.7 Å². The van der Waals surface area contributed by atoms with E-state index < -0.39 is 17.7 Å². The number of hydrogen-bond acceptors (Lipinski definition) is 6. The second-order valence-corrected chi connectivity index (χ2v) is 7.57. The SMILES string of the molecule is CC(C)(C)OC(=O)N1CCN[C@@H](COc2nc(Cl)c(Cl)cc2C(=O)O)C1. The number of carbonyl (C=O) groups excluding carboxylic acids is 1. The summed E-state index contributed by atoms with van der Waals surface area (Å²) in [6.07, 6.45) is -0.400. The van der Waals surface area contributed by atoms with Gasteiger partial charge >= 0.3 is 12.1 Å². The smallest absolute Gasteiger partial charge is 0.410 e. The van der Waals surface area contributed by atoms with Gasteiger partial charge in [0.2, 0.25) is 5.88 Å². The molecule has 1 aromatic rings. The molecule has 1 fully saturated rings. The number of hydrogen-bond donors (Lipinski definition) is 2. The van der Waals surface area contributed by atoms with Crippen LogP contribution in [0.2, 0.25) is 10.2 Å². The molecule has 1 atom stereocenters. The van der Waals surface area contributed by atoms with Crippen LogP contribution in [0.25, 0.3) is 0 Å². The van der Waals surface area contributed by atoms with Crippen molar-refractivity contribution in [3.63, 3.8) is 0 Å². The molecule has 0 saturated carbocycles. The molecular formula is C16H21Cl2N3O5. The van der Waals surface area contributed by atoms with Gasteiger partial charge in [0.15, 0.2) is 5.15 Å². The number of amides is 1. The van der Waals surface area contributed by atoms with E-state index >= 15 is 0 Å². The van der Waals surface area contributed by atoms with Crippen molar-refractivity contribution in [2.75, 3.05) is 26.2 Å². The van der Waals surface area contributed by atoms with E-state index in [0.29, 0.717) is 19.6 Å². The van der Waals surface area contributed by atoms with Gasteiger partial charge in [0.05, 0.1) is 11.1 Å². The molecule has 144 valence electrons. The minimum Gasteiger partial charge on any atom is -0.477 e. The van der Waals surface area contributed by atoms with Crippen LogP contribution < -0.4 is 10.1 Å². The second-order valence-electron chi connectivity index (χ2n) is 6.81. The normalized spacial score (nSPS) is 17.7. The quantitative estimate of drug-likeness (QED) is 0.742. The summed E-state index contributed by atoms with van der Waals surface area (Å²) in [7, 11) is 0. The van der Waals surface area contributed by atoms with Gasteiger partial charge in [-0.05, 0) is 26.8 Å². The fourth-order valence-corrected chi connectivity index (χ4v) is 2.61. The summed E-state index contributed by atoms with van der Waals surface area (Å²) >= 11 is 11.6. The van der Waals surface area contributed by atoms with Crippen molar-refractivity contribution in [2.24, 2.45) is 0 Å². The summed E-state index contributed by atoms with van der Waals surface area (Å²) in [4.78, 5) is 28.9. The van der Waals surface area contributed by atoms with Crippen molar-refractivity contribution in [1.29, 1.82) is 0 Å². The zero-order valence-corrected chi connectivity index (χ0v) is 16.2. The number of carboxylic acids is 1. The summed E-state index contributed by atoms with van der Waals surface area (Å²) in [5.74, 6) is -1.35. The van der Waals surface area contributed by atoms with Crippen LogP contribution in [0.3, 0.4) is 0 Å². The summed E-state index contributed by atoms with van der Waals surface area (Å²) in [6.45, 7) is 6.94. The summed E-state index contributed by atoms with van der Waals surface area (Å²) < 4.78 is 10.9. The lowest BCUT2D eigenvalue weighted by atomic mass is 10.2. The molecular weight excluding hydrogens is 385 g/mol. The molecule has 0 aromatic carbocycles. The maximum Gasteiger partial charge on any atom is 0.410 e. The highest BCUT2D eigenvalue weighted by Gasteiger charge is 2.28. The minimum atomic E-state index is -1.22. The predicted octanol–water partition coefficient (Wildman–Crippen LogP) is 2.67. The molecule has 1 aliphatic rings. The molecule has 1 saturated heterocycles. The van der Waals surface area contributed by atoms with Crippen molar-refractivity contribution >= 4 is 35.3 Å². The number of carbonyl (C=O) groups is 2. The fraction of sp³-hybridized carbons (Fsp3) is 0.562. The third-order valence-electron chi connectivity index (χ3n) is 3.46. The van der Waals surface area contributed by atoms with Crippen LogP contribution in [0.4, 0.5) is 4.79 Å². The van der Waals surface area contributed by atoms with E-state index in [2.05, 4.69) is 10.3 Å². The number of aromatic carboxylic acids is 1. The zero-order chi connectivity index (χ0) is 19.5. The van der Waals surface area contributed by atoms with Gasteiger partial charge in [-0.15, -0.1) is 0 Å². The molecule has 2 rings (SSSR count). The number of rotatable bonds is 4. The number of ether oxygens (including phenoxy) is 2. The number of halogens is 2. The Morgan fingerprint density at radius 2 is 2.12 bits per heavy atom. The first-order valence-corrected chi connectivity index (χ1v) is 8.76. The van der Waals surface area contributed by atoms with Gasteiger partial charge in [-0.1, -0.05) is 23.2 Å². The molecule has 1 aliphatic heterocycles. The lowest BCUT2D eigenvalue weighted by Gasteiger charge is -2.34. The molecule has 0 unspecified atom stereocenters. The highest BCUT2D eigenvalue weighted by Crippen LogP contribution is 2.27. The Hall–Kier alpha value is -1.77. The summed E-state index contributed by atoms with van der Waals surface area (Å²) in [5, 5.41) is 12.4. The van der Waals surface area contributed by atoms with Gasteiger partial charge in [-0.2, -0.15) is 4.98 Å². The second kappa shape index (κ2) is 8.28. The summed E-state index contributed by atoms with van der Waals surface area (Å²) in [5.41, 5.74) is -0.756. The van der Waals surface area contributed by atoms with Crippen molar-refractivity contribution in [3.05, 3.63) is 21.8 Å². The Morgan fingerprint density at radius 3 is 2.73 bits per heavy atom. The Bertz CT molecular complexity index is 693. The Balaban J connectivity index is 2.00. The largest absolute Gasteiger partial charge is 0.477 e. The highest BCUT2D eigenvalue weighted by atomic mass is 35.5. The van der Waals surface area contributed by atoms with Gasteiger partial charge in [-0.25, -0.2) is 9.59 Å². The average molecular weight is 406 g/mol. The minimum absolute atomic E-state index is 0.0308. The summed E-state index contributed by atoms with van der Waals surface area (Å²) in [6, 6.07) is 0.977. The molecule has 10 heteroatoms. The Kier molecular flexibility index (Phi) is 6.54. The van der Waals surface area contributed by atoms with E-state index in [4.69, 9.17) is 32.7 Å². The number of nitrogens with zero attached hydrogens (tertiary/aromatic N) is 2. The molecule has 0 radical (unpaired) electrons. The maximum absolute atomic E-state index is 12.2. The third-order valence-corrected chi connectivity index (χ3v) is 4.13. The first-order chi connectivity index (χ1) is 12.1. The third kappa shape index (κ3) is 5.62. The highest BCUT2D eigenvalue weighted by molar-refractivity contribution is 6.41. The molecule has 2 N–H and O–H groups in total. The van der Waals surface area contributed by atoms with Crippen molar-refractivity contribution < 1.29 is 24.2 Å². The number of piperazine rings is 1. The molecule has 26 heavy (non-hydrogen) atoms. The Morgan fingerprint density at radius 1 is 1.42 bits per heavy atom. The van der Waals surface area contributed by atoms with E-state index in [0.717, 1.165) is 0 Å². The monoisotopic (exact) mass is 405 g/mol. The van der Waals surface area contributed by atoms with Gasteiger partial charge in [0.1, 0.15) is 17.8 Å². The molecule has 0 spiro atoms. The topological polar surface area (TPSA) is 101 Å². The Labute approximate surface area is 161 Å². The lowest BCUT2D eigenvalue weighted by Crippen LogP contribution is -2.55. The van der Waals surface area contributed by atoms with Gasteiger partial charge in [-0.3, -0.25) is 0 Å². The number of nitrogens with one attached hydrogen (secondary N) is 1. The van der Waals surface area contributed by atoms with E-state index in [9.17, 15) is 14.7 Å². The molecule has 0 aliphatic carbocycles. The first-order valence-electron chi connectivity index (χ1n) is 8.00. The van der Waals surface area contributed by atoms with Crippen LogP contribution in [0.1, 0.15) is 31.1 Å². The number of aromatic nitrogens is 1. The van der Waals surface area contributed by atoms with Gasteiger partial charge in [0.25, 0.3) is 0 Å². The van der Waals surface area contributed by atoms with E-state index in [-0.39, 0.29) is 34.3 Å². The van der Waals surface area contributed by atoms with Crippen molar-refractivity contribution in [1.82, 2.24) is 15.2 Å². The number of pyridine rings is 1. The van der Waals surface area contributed by atoms with Crippen LogP contribution in [-0.4, -0.2) is 64.9 Å². The van der Waals surface area contributed by atoms with E-state index in [1.807, 2.05) is 0 Å². The molecule has 1 aromatic heterocycles. The molecule has 1 amide bonds. The maximum atomic E-state index is 12.2. The fourth-order valence-electron chi connectivity index (χ4n) is 2.32. The van der Waals surface area contributed by atoms with Gasteiger partial charge in [0, 0.05) is 19.6 Å². The molecule has 2 heterocycles. The average Bonchev–Trinajstić information content (AvgIpc) is 2.54. The lowest BCUT2D eigenvalue weighted by molar-refractivity contribution is 0.0177. The standard InChI is InChI=1S/C16H21Cl2N3O5/c1-16(2,3)26-15(24)21-5-4-19-9(7-21)8-25-13-10(14(22)23)6-11(17)12(18)20-13/h6,9,19H,4-5,7-8H2,1-3H3,(H,22,23)/t9-/m1/s1. The van der Waals surface area contributed by atoms with E-state index in [1.165, 1.54) is 6.07 Å².